The Kier molecular flexibility index (Phi) is 3.67. The summed E-state index contributed by atoms with van der Waals surface area (Å²) in [5.74, 6) is 1.14. The van der Waals surface area contributed by atoms with Crippen LogP contribution in [0.3, 0.4) is 0 Å². The number of benzene rings is 1. The molecular weight excluding hydrogens is 316 g/mol. The zero-order valence-corrected chi connectivity index (χ0v) is 14.3. The molecule has 6 nitrogen and oxygen atoms in total. The normalized spacial score (nSPS) is 14.5. The lowest BCUT2D eigenvalue weighted by Crippen LogP contribution is -2.25. The topological polar surface area (TPSA) is 90.6 Å². The van der Waals surface area contributed by atoms with Crippen LogP contribution in [-0.2, 0) is 0 Å². The maximum Gasteiger partial charge on any atom is 0.261 e. The molecule has 0 unspecified atom stereocenters. The van der Waals surface area contributed by atoms with E-state index in [9.17, 15) is 9.59 Å². The molecule has 4 rings (SSSR count). The molecule has 1 fully saturated rings. The van der Waals surface area contributed by atoms with Crippen molar-refractivity contribution in [2.24, 2.45) is 0 Å². The number of amides is 1. The summed E-state index contributed by atoms with van der Waals surface area (Å²) >= 11 is 0. The Morgan fingerprint density at radius 1 is 1.20 bits per heavy atom. The van der Waals surface area contributed by atoms with Gasteiger partial charge in [-0.1, -0.05) is 6.42 Å². The molecule has 1 aliphatic rings. The van der Waals surface area contributed by atoms with Gasteiger partial charge in [0.15, 0.2) is 0 Å². The van der Waals surface area contributed by atoms with Crippen LogP contribution in [0, 0.1) is 13.8 Å². The van der Waals surface area contributed by atoms with Gasteiger partial charge in [0.1, 0.15) is 11.4 Å². The maximum atomic E-state index is 12.5. The largest absolute Gasteiger partial charge is 0.342 e. The highest BCUT2D eigenvalue weighted by Crippen LogP contribution is 2.35. The summed E-state index contributed by atoms with van der Waals surface area (Å²) in [5, 5.41) is 2.81. The zero-order valence-electron chi connectivity index (χ0n) is 14.3. The lowest BCUT2D eigenvalue weighted by molar-refractivity contribution is 0.102. The van der Waals surface area contributed by atoms with Crippen molar-refractivity contribution in [3.8, 4) is 0 Å². The van der Waals surface area contributed by atoms with Crippen LogP contribution in [0.4, 0.5) is 5.69 Å². The summed E-state index contributed by atoms with van der Waals surface area (Å²) in [4.78, 5) is 35.3. The van der Waals surface area contributed by atoms with Crippen molar-refractivity contribution in [2.45, 2.75) is 39.0 Å². The average molecular weight is 336 g/mol. The van der Waals surface area contributed by atoms with Crippen molar-refractivity contribution in [3.63, 3.8) is 0 Å². The minimum atomic E-state index is -0.406. The van der Waals surface area contributed by atoms with E-state index in [4.69, 9.17) is 0 Å². The number of aromatic nitrogens is 3. The van der Waals surface area contributed by atoms with Crippen LogP contribution in [0.1, 0.15) is 52.6 Å². The predicted octanol–water partition coefficient (Wildman–Crippen LogP) is 3.39. The van der Waals surface area contributed by atoms with E-state index in [0.717, 1.165) is 22.6 Å². The zero-order chi connectivity index (χ0) is 17.6. The first-order chi connectivity index (χ1) is 12.0. The second-order valence-corrected chi connectivity index (χ2v) is 6.78. The molecule has 0 spiro atoms. The highest BCUT2D eigenvalue weighted by molar-refractivity contribution is 6.05. The monoisotopic (exact) mass is 336 g/mol. The van der Waals surface area contributed by atoms with Gasteiger partial charge in [0.25, 0.3) is 11.5 Å². The highest BCUT2D eigenvalue weighted by atomic mass is 16.2. The van der Waals surface area contributed by atoms with Crippen LogP contribution >= 0.6 is 0 Å². The fourth-order valence-corrected chi connectivity index (χ4v) is 3.31. The number of H-pyrrole nitrogens is 2. The molecular formula is C19H20N4O2. The number of aryl methyl sites for hydroxylation is 2. The van der Waals surface area contributed by atoms with Crippen LogP contribution in [0.25, 0.3) is 11.0 Å². The van der Waals surface area contributed by atoms with Gasteiger partial charge in [-0.05, 0) is 56.5 Å². The lowest BCUT2D eigenvalue weighted by Gasteiger charge is -2.22. The number of anilines is 1. The number of nitrogens with zero attached hydrogens (tertiary/aromatic N) is 1. The number of hydrogen-bond donors (Lipinski definition) is 3. The first-order valence-electron chi connectivity index (χ1n) is 8.53. The minimum absolute atomic E-state index is 0.144. The van der Waals surface area contributed by atoms with Crippen LogP contribution in [0.15, 0.2) is 29.1 Å². The number of carbonyl (C=O) groups is 1. The number of hydrogen-bond acceptors (Lipinski definition) is 3. The smallest absolute Gasteiger partial charge is 0.261 e. The van der Waals surface area contributed by atoms with Crippen LogP contribution in [-0.4, -0.2) is 20.9 Å². The number of aromatic amines is 2. The Morgan fingerprint density at radius 2 is 2.00 bits per heavy atom. The fraction of sp³-hybridized carbons (Fsp3) is 0.316. The fourth-order valence-electron chi connectivity index (χ4n) is 3.31. The summed E-state index contributed by atoms with van der Waals surface area (Å²) in [6.45, 7) is 3.56. The van der Waals surface area contributed by atoms with E-state index in [1.54, 1.807) is 19.9 Å². The Bertz CT molecular complexity index is 1030. The molecule has 6 heteroatoms. The van der Waals surface area contributed by atoms with Gasteiger partial charge in [-0.3, -0.25) is 9.59 Å². The highest BCUT2D eigenvalue weighted by Gasteiger charge is 2.22. The molecule has 0 atom stereocenters. The SMILES string of the molecule is Cc1cc(C)c(C(=O)Nc2ccc3nc(C4CCC4)[nH]c3c2)c(=O)[nH]1. The van der Waals surface area contributed by atoms with E-state index in [1.807, 2.05) is 18.2 Å². The van der Waals surface area contributed by atoms with Gasteiger partial charge in [0.05, 0.1) is 11.0 Å². The van der Waals surface area contributed by atoms with Gasteiger partial charge in [0, 0.05) is 17.3 Å². The molecule has 0 radical (unpaired) electrons. The molecule has 1 aromatic carbocycles. The van der Waals surface area contributed by atoms with E-state index < -0.39 is 5.91 Å². The molecule has 0 saturated heterocycles. The van der Waals surface area contributed by atoms with Crippen molar-refractivity contribution in [2.75, 3.05) is 5.32 Å². The van der Waals surface area contributed by atoms with Crippen molar-refractivity contribution < 1.29 is 4.79 Å². The quantitative estimate of drug-likeness (QED) is 0.685. The van der Waals surface area contributed by atoms with Gasteiger partial charge in [-0.25, -0.2) is 4.98 Å². The molecule has 3 aromatic rings. The Balaban J connectivity index is 1.62. The van der Waals surface area contributed by atoms with Gasteiger partial charge >= 0.3 is 0 Å². The second-order valence-electron chi connectivity index (χ2n) is 6.78. The van der Waals surface area contributed by atoms with Crippen molar-refractivity contribution in [3.05, 3.63) is 57.3 Å². The molecule has 0 aliphatic heterocycles. The van der Waals surface area contributed by atoms with Crippen LogP contribution < -0.4 is 10.9 Å². The van der Waals surface area contributed by atoms with Gasteiger partial charge in [0.2, 0.25) is 0 Å². The van der Waals surface area contributed by atoms with E-state index in [1.165, 1.54) is 19.3 Å². The molecule has 1 saturated carbocycles. The number of imidazole rings is 1. The third kappa shape index (κ3) is 2.84. The molecule has 0 bridgehead atoms. The first-order valence-corrected chi connectivity index (χ1v) is 8.53. The molecule has 1 amide bonds. The first kappa shape index (κ1) is 15.6. The van der Waals surface area contributed by atoms with Gasteiger partial charge in [-0.15, -0.1) is 0 Å². The second kappa shape index (κ2) is 5.88. The molecule has 128 valence electrons. The summed E-state index contributed by atoms with van der Waals surface area (Å²) in [5.41, 5.74) is 3.60. The summed E-state index contributed by atoms with van der Waals surface area (Å²) in [6, 6.07) is 7.35. The molecule has 2 aromatic heterocycles. The number of carbonyl (C=O) groups excluding carboxylic acids is 1. The standard InChI is InChI=1S/C19H20N4O2/c1-10-8-11(2)20-18(24)16(10)19(25)21-13-6-7-14-15(9-13)23-17(22-14)12-4-3-5-12/h6-9,12H,3-5H2,1-2H3,(H,20,24)(H,21,25)(H,22,23). The van der Waals surface area contributed by atoms with Crippen molar-refractivity contribution in [1.82, 2.24) is 15.0 Å². The van der Waals surface area contributed by atoms with Crippen molar-refractivity contribution >= 4 is 22.6 Å². The number of rotatable bonds is 3. The number of pyridine rings is 1. The maximum absolute atomic E-state index is 12.5. The number of fused-ring (bicyclic) bond motifs is 1. The average Bonchev–Trinajstić information content (AvgIpc) is 2.86. The van der Waals surface area contributed by atoms with Crippen molar-refractivity contribution in [1.29, 1.82) is 0 Å². The lowest BCUT2D eigenvalue weighted by atomic mass is 9.85. The Labute approximate surface area is 144 Å². The van der Waals surface area contributed by atoms with E-state index in [-0.39, 0.29) is 11.1 Å². The molecule has 3 N–H and O–H groups in total. The van der Waals surface area contributed by atoms with E-state index >= 15 is 0 Å². The summed E-state index contributed by atoms with van der Waals surface area (Å²) < 4.78 is 0. The van der Waals surface area contributed by atoms with Gasteiger partial charge < -0.3 is 15.3 Å². The molecule has 2 heterocycles. The third-order valence-corrected chi connectivity index (χ3v) is 4.84. The van der Waals surface area contributed by atoms with Gasteiger partial charge in [-0.2, -0.15) is 0 Å². The summed E-state index contributed by atoms with van der Waals surface area (Å²) in [6.07, 6.45) is 3.62. The van der Waals surface area contributed by atoms with E-state index in [2.05, 4.69) is 20.3 Å². The Morgan fingerprint density at radius 3 is 2.68 bits per heavy atom. The minimum Gasteiger partial charge on any atom is -0.342 e. The van der Waals surface area contributed by atoms with Crippen LogP contribution in [0.5, 0.6) is 0 Å². The van der Waals surface area contributed by atoms with E-state index in [0.29, 0.717) is 17.2 Å². The van der Waals surface area contributed by atoms with Crippen LogP contribution in [0.2, 0.25) is 0 Å². The Hall–Kier alpha value is -2.89. The predicted molar refractivity (Wildman–Crippen MR) is 97.2 cm³/mol. The number of nitrogens with one attached hydrogen (secondary N) is 3. The third-order valence-electron chi connectivity index (χ3n) is 4.84. The molecule has 1 aliphatic carbocycles. The molecule has 25 heavy (non-hydrogen) atoms. The summed E-state index contributed by atoms with van der Waals surface area (Å²) in [7, 11) is 0.